The number of nitrogens with zero attached hydrogens (tertiary/aromatic N) is 4. The molecule has 1 aliphatic carbocycles. The van der Waals surface area contributed by atoms with E-state index in [1.54, 1.807) is 0 Å². The Hall–Kier alpha value is -3.29. The largest absolute Gasteiger partial charge is 0.341 e. The molecule has 2 N–H and O–H groups in total. The van der Waals surface area contributed by atoms with Crippen molar-refractivity contribution in [2.45, 2.75) is 37.5 Å². The number of aryl methyl sites for hydroxylation is 1. The van der Waals surface area contributed by atoms with Gasteiger partial charge in [-0.05, 0) is 31.2 Å². The van der Waals surface area contributed by atoms with Gasteiger partial charge < -0.3 is 4.90 Å². The van der Waals surface area contributed by atoms with Gasteiger partial charge in [0.25, 0.3) is 0 Å². The number of H-pyrrole nitrogens is 2. The van der Waals surface area contributed by atoms with Gasteiger partial charge in [0.15, 0.2) is 5.82 Å². The highest BCUT2D eigenvalue weighted by molar-refractivity contribution is 5.78. The molecule has 148 valence electrons. The normalized spacial score (nSPS) is 20.8. The molecule has 5 rings (SSSR count). The monoisotopic (exact) mass is 390 g/mol. The van der Waals surface area contributed by atoms with E-state index in [-0.39, 0.29) is 17.7 Å². The molecule has 0 radical (unpaired) electrons. The molecule has 1 atom stereocenters. The Morgan fingerprint density at radius 1 is 1.21 bits per heavy atom. The highest BCUT2D eigenvalue weighted by Crippen LogP contribution is 2.44. The number of piperidine rings is 1. The third-order valence-electron chi connectivity index (χ3n) is 6.07. The van der Waals surface area contributed by atoms with Gasteiger partial charge in [0.05, 0.1) is 12.1 Å². The van der Waals surface area contributed by atoms with Crippen LogP contribution in [0.1, 0.15) is 36.3 Å². The van der Waals surface area contributed by atoms with Crippen LogP contribution >= 0.6 is 0 Å². The maximum Gasteiger partial charge on any atom is 0.340 e. The first-order valence-corrected chi connectivity index (χ1v) is 9.96. The number of aromatic amines is 2. The van der Waals surface area contributed by atoms with E-state index in [2.05, 4.69) is 20.2 Å². The number of carbonyl (C=O) groups is 1. The molecular formula is C21H22N6O2. The molecule has 0 saturated carbocycles. The van der Waals surface area contributed by atoms with Gasteiger partial charge in [-0.15, -0.1) is 0 Å². The van der Waals surface area contributed by atoms with Crippen LogP contribution in [0.3, 0.4) is 0 Å². The van der Waals surface area contributed by atoms with E-state index >= 15 is 0 Å². The van der Waals surface area contributed by atoms with E-state index in [0.717, 1.165) is 49.3 Å². The highest BCUT2D eigenvalue weighted by Gasteiger charge is 2.44. The van der Waals surface area contributed by atoms with Crippen LogP contribution in [0.4, 0.5) is 0 Å². The Kier molecular flexibility index (Phi) is 4.26. The maximum absolute atomic E-state index is 12.8. The van der Waals surface area contributed by atoms with E-state index in [9.17, 15) is 9.59 Å². The third-order valence-corrected chi connectivity index (χ3v) is 6.07. The van der Waals surface area contributed by atoms with Crippen LogP contribution in [-0.4, -0.2) is 49.0 Å². The summed E-state index contributed by atoms with van der Waals surface area (Å²) in [7, 11) is 0. The van der Waals surface area contributed by atoms with Crippen LogP contribution < -0.4 is 5.69 Å². The zero-order valence-electron chi connectivity index (χ0n) is 16.0. The predicted molar refractivity (Wildman–Crippen MR) is 106 cm³/mol. The first-order valence-electron chi connectivity index (χ1n) is 9.96. The van der Waals surface area contributed by atoms with Gasteiger partial charge in [0.2, 0.25) is 5.91 Å². The molecule has 1 spiro atoms. The van der Waals surface area contributed by atoms with Crippen LogP contribution in [0.2, 0.25) is 0 Å². The molecule has 0 bridgehead atoms. The number of fused-ring (bicyclic) bond motifs is 2. The van der Waals surface area contributed by atoms with Crippen LogP contribution in [0.5, 0.6) is 0 Å². The fourth-order valence-electron chi connectivity index (χ4n) is 4.65. The maximum atomic E-state index is 12.8. The lowest BCUT2D eigenvalue weighted by Gasteiger charge is -2.40. The number of amides is 1. The molecule has 1 fully saturated rings. The van der Waals surface area contributed by atoms with Gasteiger partial charge in [-0.1, -0.05) is 30.3 Å². The second-order valence-corrected chi connectivity index (χ2v) is 7.93. The molecular weight excluding hydrogens is 368 g/mol. The Labute approximate surface area is 167 Å². The van der Waals surface area contributed by atoms with Crippen molar-refractivity contribution >= 4 is 5.91 Å². The average Bonchev–Trinajstić information content (AvgIpc) is 3.32. The first kappa shape index (κ1) is 17.8. The van der Waals surface area contributed by atoms with Crippen molar-refractivity contribution in [3.05, 3.63) is 64.1 Å². The van der Waals surface area contributed by atoms with E-state index in [4.69, 9.17) is 4.98 Å². The molecule has 3 heterocycles. The van der Waals surface area contributed by atoms with Gasteiger partial charge >= 0.3 is 5.69 Å². The van der Waals surface area contributed by atoms with Gasteiger partial charge in [0.1, 0.15) is 5.82 Å². The number of nitrogens with one attached hydrogen (secondary N) is 2. The lowest BCUT2D eigenvalue weighted by atomic mass is 9.77. The number of carbonyl (C=O) groups excluding carboxylic acids is 1. The van der Waals surface area contributed by atoms with Crippen LogP contribution in [0.25, 0.3) is 11.4 Å². The minimum Gasteiger partial charge on any atom is -0.341 e. The number of benzene rings is 1. The van der Waals surface area contributed by atoms with Crippen molar-refractivity contribution < 1.29 is 4.79 Å². The second-order valence-electron chi connectivity index (χ2n) is 7.93. The lowest BCUT2D eigenvalue weighted by molar-refractivity contribution is -0.132. The van der Waals surface area contributed by atoms with Crippen molar-refractivity contribution in [1.82, 2.24) is 30.0 Å². The fourth-order valence-corrected chi connectivity index (χ4v) is 4.65. The van der Waals surface area contributed by atoms with Gasteiger partial charge in [0, 0.05) is 30.3 Å². The van der Waals surface area contributed by atoms with Crippen molar-refractivity contribution in [3.63, 3.8) is 0 Å². The average molecular weight is 390 g/mol. The van der Waals surface area contributed by atoms with E-state index in [0.29, 0.717) is 12.4 Å². The van der Waals surface area contributed by atoms with Crippen LogP contribution in [0.15, 0.2) is 41.3 Å². The second kappa shape index (κ2) is 6.95. The number of hydrogen-bond acceptors (Lipinski definition) is 5. The predicted octanol–water partition coefficient (Wildman–Crippen LogP) is 1.60. The molecule has 8 nitrogen and oxygen atoms in total. The zero-order chi connectivity index (χ0) is 19.8. The van der Waals surface area contributed by atoms with Gasteiger partial charge in [-0.3, -0.25) is 9.78 Å². The smallest absolute Gasteiger partial charge is 0.340 e. The standard InChI is InChI=1S/C21H22N6O2/c28-17(11-16-23-20(29)26-25-16)27-10-4-8-21(13-27)9-7-15-12-22-19(24-18(15)21)14-5-2-1-3-6-14/h1-3,5-6,12H,4,7-11,13H2,(H2,23,25,26,29). The van der Waals surface area contributed by atoms with E-state index in [1.165, 1.54) is 5.56 Å². The summed E-state index contributed by atoms with van der Waals surface area (Å²) in [5, 5.41) is 6.17. The van der Waals surface area contributed by atoms with Crippen molar-refractivity contribution in [1.29, 1.82) is 0 Å². The number of likely N-dealkylation sites (tertiary alicyclic amines) is 1. The molecule has 29 heavy (non-hydrogen) atoms. The summed E-state index contributed by atoms with van der Waals surface area (Å²) >= 11 is 0. The number of aromatic nitrogens is 5. The molecule has 8 heteroatoms. The molecule has 2 aliphatic rings. The molecule has 2 aromatic heterocycles. The van der Waals surface area contributed by atoms with Crippen LogP contribution in [0, 0.1) is 0 Å². The Balaban J connectivity index is 1.42. The quantitative estimate of drug-likeness (QED) is 0.706. The lowest BCUT2D eigenvalue weighted by Crippen LogP contribution is -2.48. The summed E-state index contributed by atoms with van der Waals surface area (Å²) in [6, 6.07) is 10.00. The zero-order valence-corrected chi connectivity index (χ0v) is 16.0. The molecule has 1 amide bonds. The summed E-state index contributed by atoms with van der Waals surface area (Å²) in [5.74, 6) is 1.10. The Bertz CT molecular complexity index is 1100. The third kappa shape index (κ3) is 3.24. The van der Waals surface area contributed by atoms with E-state index < -0.39 is 5.69 Å². The molecule has 1 aliphatic heterocycles. The number of rotatable bonds is 3. The van der Waals surface area contributed by atoms with Gasteiger partial charge in [-0.2, -0.15) is 5.10 Å². The van der Waals surface area contributed by atoms with Crippen molar-refractivity contribution in [3.8, 4) is 11.4 Å². The summed E-state index contributed by atoms with van der Waals surface area (Å²) in [6.45, 7) is 1.37. The summed E-state index contributed by atoms with van der Waals surface area (Å²) in [6.07, 6.45) is 5.94. The molecule has 3 aromatic rings. The van der Waals surface area contributed by atoms with Crippen molar-refractivity contribution in [2.75, 3.05) is 13.1 Å². The number of hydrogen-bond donors (Lipinski definition) is 2. The summed E-state index contributed by atoms with van der Waals surface area (Å²) in [4.78, 5) is 38.1. The topological polar surface area (TPSA) is 108 Å². The molecule has 1 unspecified atom stereocenters. The minimum absolute atomic E-state index is 0.0161. The Morgan fingerprint density at radius 3 is 2.86 bits per heavy atom. The van der Waals surface area contributed by atoms with Gasteiger partial charge in [-0.25, -0.2) is 19.9 Å². The summed E-state index contributed by atoms with van der Waals surface area (Å²) in [5.41, 5.74) is 2.78. The highest BCUT2D eigenvalue weighted by atomic mass is 16.2. The molecule has 1 aromatic carbocycles. The minimum atomic E-state index is -0.391. The first-order chi connectivity index (χ1) is 14.1. The molecule has 1 saturated heterocycles. The SMILES string of the molecule is O=C(Cc1n[nH]c(=O)[nH]1)N1CCCC2(CCc3cnc(-c4ccccc4)nc32)C1. The Morgan fingerprint density at radius 2 is 2.07 bits per heavy atom. The van der Waals surface area contributed by atoms with E-state index in [1.807, 2.05) is 41.4 Å². The summed E-state index contributed by atoms with van der Waals surface area (Å²) < 4.78 is 0. The van der Waals surface area contributed by atoms with Crippen molar-refractivity contribution in [2.24, 2.45) is 0 Å². The fraction of sp³-hybridized carbons (Fsp3) is 0.381. The van der Waals surface area contributed by atoms with Crippen LogP contribution in [-0.2, 0) is 23.1 Å².